The van der Waals surface area contributed by atoms with Crippen LogP contribution in [0.15, 0.2) is 23.1 Å². The third-order valence-corrected chi connectivity index (χ3v) is 4.04. The molecule has 0 aliphatic heterocycles. The van der Waals surface area contributed by atoms with E-state index >= 15 is 0 Å². The molecule has 0 aromatic heterocycles. The van der Waals surface area contributed by atoms with Crippen LogP contribution in [0, 0.1) is 17.6 Å². The molecular weight excluding hydrogens is 264 g/mol. The third kappa shape index (κ3) is 3.24. The van der Waals surface area contributed by atoms with Crippen LogP contribution in [0.1, 0.15) is 13.8 Å². The lowest BCUT2D eigenvalue weighted by molar-refractivity contribution is 0.227. The van der Waals surface area contributed by atoms with Gasteiger partial charge in [-0.1, -0.05) is 19.9 Å². The molecule has 18 heavy (non-hydrogen) atoms. The zero-order valence-electron chi connectivity index (χ0n) is 10.0. The van der Waals surface area contributed by atoms with Crippen molar-refractivity contribution in [3.8, 4) is 0 Å². The molecule has 0 fully saturated rings. The van der Waals surface area contributed by atoms with E-state index in [2.05, 4.69) is 4.72 Å². The highest BCUT2D eigenvalue weighted by Gasteiger charge is 2.27. The maximum Gasteiger partial charge on any atom is 0.246 e. The van der Waals surface area contributed by atoms with Crippen LogP contribution in [0.2, 0.25) is 0 Å². The Morgan fingerprint density at radius 2 is 1.78 bits per heavy atom. The quantitative estimate of drug-likeness (QED) is 0.852. The summed E-state index contributed by atoms with van der Waals surface area (Å²) >= 11 is 0. The third-order valence-electron chi connectivity index (χ3n) is 2.50. The van der Waals surface area contributed by atoms with Crippen molar-refractivity contribution in [2.75, 3.05) is 6.61 Å². The van der Waals surface area contributed by atoms with E-state index in [1.54, 1.807) is 13.8 Å². The van der Waals surface area contributed by atoms with Crippen molar-refractivity contribution < 1.29 is 22.3 Å². The van der Waals surface area contributed by atoms with Gasteiger partial charge in [-0.25, -0.2) is 21.9 Å². The molecule has 1 aromatic carbocycles. The minimum atomic E-state index is -4.34. The monoisotopic (exact) mass is 279 g/mol. The Labute approximate surface area is 105 Å². The predicted octanol–water partition coefficient (Wildman–Crippen LogP) is 1.26. The van der Waals surface area contributed by atoms with Gasteiger partial charge in [-0.15, -0.1) is 0 Å². The molecule has 0 heterocycles. The maximum absolute atomic E-state index is 13.4. The first-order valence-electron chi connectivity index (χ1n) is 5.36. The number of halogens is 2. The number of aliphatic hydroxyl groups excluding tert-OH is 1. The van der Waals surface area contributed by atoms with Crippen molar-refractivity contribution in [1.29, 1.82) is 0 Å². The van der Waals surface area contributed by atoms with Gasteiger partial charge in [0.1, 0.15) is 11.6 Å². The summed E-state index contributed by atoms with van der Waals surface area (Å²) in [6.45, 7) is 2.91. The highest BCUT2D eigenvalue weighted by Crippen LogP contribution is 2.19. The first-order valence-corrected chi connectivity index (χ1v) is 6.85. The molecule has 0 bridgehead atoms. The number of hydrogen-bond acceptors (Lipinski definition) is 3. The number of rotatable bonds is 5. The van der Waals surface area contributed by atoms with Crippen LogP contribution in [-0.2, 0) is 10.0 Å². The van der Waals surface area contributed by atoms with E-state index in [0.29, 0.717) is 0 Å². The average molecular weight is 279 g/mol. The molecule has 0 spiro atoms. The van der Waals surface area contributed by atoms with Gasteiger partial charge in [0.15, 0.2) is 4.90 Å². The van der Waals surface area contributed by atoms with Crippen molar-refractivity contribution in [2.24, 2.45) is 5.92 Å². The Morgan fingerprint density at radius 3 is 2.17 bits per heavy atom. The molecule has 2 N–H and O–H groups in total. The molecule has 0 aliphatic carbocycles. The van der Waals surface area contributed by atoms with Crippen molar-refractivity contribution in [3.05, 3.63) is 29.8 Å². The van der Waals surface area contributed by atoms with Crippen LogP contribution in [-0.4, -0.2) is 26.2 Å². The molecule has 0 amide bonds. The van der Waals surface area contributed by atoms with Crippen LogP contribution in [0.5, 0.6) is 0 Å². The summed E-state index contributed by atoms with van der Waals surface area (Å²) in [5.41, 5.74) is 0. The van der Waals surface area contributed by atoms with Gasteiger partial charge in [-0.2, -0.15) is 0 Å². The Bertz CT molecular complexity index is 497. The number of sulfonamides is 1. The highest BCUT2D eigenvalue weighted by molar-refractivity contribution is 7.89. The Hall–Kier alpha value is -1.05. The predicted molar refractivity (Wildman–Crippen MR) is 62.4 cm³/mol. The van der Waals surface area contributed by atoms with Gasteiger partial charge in [0.05, 0.1) is 6.61 Å². The molecule has 102 valence electrons. The smallest absolute Gasteiger partial charge is 0.246 e. The lowest BCUT2D eigenvalue weighted by atomic mass is 10.1. The summed E-state index contributed by atoms with van der Waals surface area (Å²) in [5, 5.41) is 9.03. The molecule has 0 saturated carbocycles. The summed E-state index contributed by atoms with van der Waals surface area (Å²) in [6.07, 6.45) is 0. The summed E-state index contributed by atoms with van der Waals surface area (Å²) in [6, 6.07) is 2.01. The Balaban J connectivity index is 3.15. The summed E-state index contributed by atoms with van der Waals surface area (Å²) in [5.74, 6) is -2.54. The van der Waals surface area contributed by atoms with Crippen molar-refractivity contribution in [2.45, 2.75) is 24.8 Å². The number of aliphatic hydroxyl groups is 1. The first kappa shape index (κ1) is 15.0. The summed E-state index contributed by atoms with van der Waals surface area (Å²) in [7, 11) is -4.34. The fourth-order valence-corrected chi connectivity index (χ4v) is 2.89. The molecule has 1 aromatic rings. The lowest BCUT2D eigenvalue weighted by Gasteiger charge is -2.20. The zero-order valence-corrected chi connectivity index (χ0v) is 10.8. The van der Waals surface area contributed by atoms with Gasteiger partial charge < -0.3 is 5.11 Å². The summed E-state index contributed by atoms with van der Waals surface area (Å²) in [4.78, 5) is -1.02. The first-order chi connectivity index (χ1) is 8.29. The second-order valence-electron chi connectivity index (χ2n) is 4.21. The fraction of sp³-hybridized carbons (Fsp3) is 0.455. The van der Waals surface area contributed by atoms with E-state index in [1.165, 1.54) is 0 Å². The average Bonchev–Trinajstić information content (AvgIpc) is 2.25. The van der Waals surface area contributed by atoms with Gasteiger partial charge >= 0.3 is 0 Å². The van der Waals surface area contributed by atoms with E-state index in [1.807, 2.05) is 0 Å². The normalized spacial score (nSPS) is 13.9. The zero-order chi connectivity index (χ0) is 13.9. The molecule has 7 heteroatoms. The van der Waals surface area contributed by atoms with Crippen LogP contribution >= 0.6 is 0 Å². The van der Waals surface area contributed by atoms with Crippen molar-refractivity contribution >= 4 is 10.0 Å². The van der Waals surface area contributed by atoms with Gasteiger partial charge in [-0.05, 0) is 18.1 Å². The lowest BCUT2D eigenvalue weighted by Crippen LogP contribution is -2.41. The Morgan fingerprint density at radius 1 is 1.28 bits per heavy atom. The van der Waals surface area contributed by atoms with E-state index in [-0.39, 0.29) is 5.92 Å². The van der Waals surface area contributed by atoms with Crippen LogP contribution < -0.4 is 4.72 Å². The van der Waals surface area contributed by atoms with Crippen molar-refractivity contribution in [3.63, 3.8) is 0 Å². The van der Waals surface area contributed by atoms with Gasteiger partial charge in [-0.3, -0.25) is 0 Å². The molecule has 0 saturated heterocycles. The fourth-order valence-electron chi connectivity index (χ4n) is 1.38. The van der Waals surface area contributed by atoms with E-state index < -0.39 is 39.2 Å². The van der Waals surface area contributed by atoms with Gasteiger partial charge in [0.25, 0.3) is 0 Å². The minimum Gasteiger partial charge on any atom is -0.395 e. The molecule has 0 aliphatic rings. The molecule has 0 unspecified atom stereocenters. The number of benzene rings is 1. The van der Waals surface area contributed by atoms with Crippen LogP contribution in [0.4, 0.5) is 8.78 Å². The van der Waals surface area contributed by atoms with Crippen LogP contribution in [0.25, 0.3) is 0 Å². The molecule has 0 radical (unpaired) electrons. The summed E-state index contributed by atoms with van der Waals surface area (Å²) < 4.78 is 52.5. The van der Waals surface area contributed by atoms with Crippen molar-refractivity contribution in [1.82, 2.24) is 4.72 Å². The Kier molecular flexibility index (Phi) is 4.78. The highest BCUT2D eigenvalue weighted by atomic mass is 32.2. The number of hydrogen-bond donors (Lipinski definition) is 2. The standard InChI is InChI=1S/C11H15F2NO3S/c1-7(2)10(6-15)14-18(16,17)11-8(12)4-3-5-9(11)13/h3-5,7,10,14-15H,6H2,1-2H3/t10-/m1/s1. The molecule has 1 atom stereocenters. The molecule has 1 rings (SSSR count). The van der Waals surface area contributed by atoms with Gasteiger partial charge in [0, 0.05) is 6.04 Å². The van der Waals surface area contributed by atoms with E-state index in [4.69, 9.17) is 5.11 Å². The SMILES string of the molecule is CC(C)[C@@H](CO)NS(=O)(=O)c1c(F)cccc1F. The maximum atomic E-state index is 13.4. The van der Waals surface area contributed by atoms with Gasteiger partial charge in [0.2, 0.25) is 10.0 Å². The topological polar surface area (TPSA) is 66.4 Å². The van der Waals surface area contributed by atoms with E-state index in [0.717, 1.165) is 18.2 Å². The molecule has 4 nitrogen and oxygen atoms in total. The van der Waals surface area contributed by atoms with E-state index in [9.17, 15) is 17.2 Å². The van der Waals surface area contributed by atoms with Crippen LogP contribution in [0.3, 0.4) is 0 Å². The number of nitrogens with one attached hydrogen (secondary N) is 1. The second-order valence-corrected chi connectivity index (χ2v) is 5.86. The largest absolute Gasteiger partial charge is 0.395 e. The second kappa shape index (κ2) is 5.73. The molecular formula is C11H15F2NO3S. The minimum absolute atomic E-state index is 0.209.